The number of cyclic esters (lactones) is 1. The molecule has 0 bridgehead atoms. The number of ether oxygens (including phenoxy) is 2. The Morgan fingerprint density at radius 1 is 1.75 bits per heavy atom. The number of hydrogen-bond donors (Lipinski definition) is 0. The number of carbonyl (C=O) groups is 1. The van der Waals surface area contributed by atoms with Gasteiger partial charge in [0.15, 0.2) is 6.79 Å². The largest absolute Gasteiger partial charge is 0.438 e. The fourth-order valence-corrected chi connectivity index (χ4v) is 0.568. The first kappa shape index (κ1) is 5.56. The van der Waals surface area contributed by atoms with Crippen molar-refractivity contribution in [2.45, 2.75) is 19.4 Å². The number of hydrogen-bond acceptors (Lipinski definition) is 3. The van der Waals surface area contributed by atoms with E-state index in [0.717, 1.165) is 0 Å². The molecule has 0 radical (unpaired) electrons. The van der Waals surface area contributed by atoms with Gasteiger partial charge in [-0.3, -0.25) is 4.79 Å². The van der Waals surface area contributed by atoms with E-state index in [1.807, 2.05) is 6.92 Å². The van der Waals surface area contributed by atoms with Crippen LogP contribution in [-0.2, 0) is 14.3 Å². The highest BCUT2D eigenvalue weighted by Crippen LogP contribution is 2.04. The van der Waals surface area contributed by atoms with Gasteiger partial charge >= 0.3 is 5.97 Å². The molecule has 1 rings (SSSR count). The summed E-state index contributed by atoms with van der Waals surface area (Å²) in [6, 6.07) is 0. The Kier molecular flexibility index (Phi) is 1.48. The molecule has 0 amide bonds. The molecule has 0 aliphatic carbocycles. The van der Waals surface area contributed by atoms with E-state index in [4.69, 9.17) is 4.74 Å². The Balaban J connectivity index is 2.34. The maximum Gasteiger partial charge on any atom is 0.310 e. The number of rotatable bonds is 0. The number of esters is 1. The topological polar surface area (TPSA) is 35.5 Å². The van der Waals surface area contributed by atoms with E-state index in [1.165, 1.54) is 0 Å². The lowest BCUT2D eigenvalue weighted by Gasteiger charge is -2.17. The van der Waals surface area contributed by atoms with Crippen molar-refractivity contribution >= 4 is 5.97 Å². The van der Waals surface area contributed by atoms with Gasteiger partial charge in [0.05, 0.1) is 12.5 Å². The summed E-state index contributed by atoms with van der Waals surface area (Å²) in [6.07, 6.45) is 0.427. The van der Waals surface area contributed by atoms with Crippen LogP contribution < -0.4 is 0 Å². The molecule has 0 aromatic carbocycles. The summed E-state index contributed by atoms with van der Waals surface area (Å²) in [5, 5.41) is 0. The molecule has 1 aliphatic rings. The van der Waals surface area contributed by atoms with Crippen LogP contribution in [0.5, 0.6) is 0 Å². The summed E-state index contributed by atoms with van der Waals surface area (Å²) in [6.45, 7) is 1.97. The molecule has 3 heteroatoms. The van der Waals surface area contributed by atoms with Crippen LogP contribution in [0.25, 0.3) is 0 Å². The maximum absolute atomic E-state index is 10.4. The van der Waals surface area contributed by atoms with E-state index in [1.54, 1.807) is 0 Å². The predicted molar refractivity (Wildman–Crippen MR) is 26.1 cm³/mol. The van der Waals surface area contributed by atoms with Crippen LogP contribution in [0.3, 0.4) is 0 Å². The molecule has 0 saturated carbocycles. The average Bonchev–Trinajstić information content (AvgIpc) is 1.64. The van der Waals surface area contributed by atoms with Gasteiger partial charge in [0.1, 0.15) is 0 Å². The fourth-order valence-electron chi connectivity index (χ4n) is 0.568. The molecule has 1 saturated heterocycles. The third-order valence-electron chi connectivity index (χ3n) is 1.03. The lowest BCUT2D eigenvalue weighted by atomic mass is 10.3. The molecule has 0 unspecified atom stereocenters. The van der Waals surface area contributed by atoms with Crippen LogP contribution in [0.2, 0.25) is 0 Å². The highest BCUT2D eigenvalue weighted by molar-refractivity contribution is 5.70. The minimum Gasteiger partial charge on any atom is -0.438 e. The highest BCUT2D eigenvalue weighted by Gasteiger charge is 2.15. The fraction of sp³-hybridized carbons (Fsp3) is 0.800. The summed E-state index contributed by atoms with van der Waals surface area (Å²) in [5.41, 5.74) is 0. The van der Waals surface area contributed by atoms with E-state index in [9.17, 15) is 4.79 Å². The smallest absolute Gasteiger partial charge is 0.310 e. The van der Waals surface area contributed by atoms with E-state index < -0.39 is 0 Å². The first-order chi connectivity index (χ1) is 3.79. The zero-order chi connectivity index (χ0) is 5.98. The Bertz CT molecular complexity index is 99.8. The Morgan fingerprint density at radius 3 is 2.88 bits per heavy atom. The van der Waals surface area contributed by atoms with Crippen molar-refractivity contribution in [1.29, 1.82) is 0 Å². The predicted octanol–water partition coefficient (Wildman–Crippen LogP) is 0.296. The molecule has 3 nitrogen and oxygen atoms in total. The standard InChI is InChI=1S/C5H8O3/c1-4-2-5(6)8-3-7-4/h4H,2-3H2,1H3/t4-/m1/s1. The zero-order valence-corrected chi connectivity index (χ0v) is 4.72. The van der Waals surface area contributed by atoms with Crippen LogP contribution in [0.4, 0.5) is 0 Å². The van der Waals surface area contributed by atoms with Crippen molar-refractivity contribution in [3.63, 3.8) is 0 Å². The van der Waals surface area contributed by atoms with Gasteiger partial charge in [-0.1, -0.05) is 0 Å². The summed E-state index contributed by atoms with van der Waals surface area (Å²) in [5.74, 6) is -0.163. The van der Waals surface area contributed by atoms with E-state index in [2.05, 4.69) is 4.74 Å². The maximum atomic E-state index is 10.4. The highest BCUT2D eigenvalue weighted by atomic mass is 16.7. The van der Waals surface area contributed by atoms with Gasteiger partial charge in [-0.2, -0.15) is 0 Å². The second-order valence-electron chi connectivity index (χ2n) is 1.82. The molecule has 1 aliphatic heterocycles. The monoisotopic (exact) mass is 116 g/mol. The molecule has 0 aromatic heterocycles. The van der Waals surface area contributed by atoms with Crippen LogP contribution in [0.1, 0.15) is 13.3 Å². The lowest BCUT2D eigenvalue weighted by Crippen LogP contribution is -2.24. The quantitative estimate of drug-likeness (QED) is 0.427. The van der Waals surface area contributed by atoms with E-state index in [0.29, 0.717) is 6.42 Å². The van der Waals surface area contributed by atoms with Gasteiger partial charge in [-0.25, -0.2) is 0 Å². The van der Waals surface area contributed by atoms with Crippen molar-refractivity contribution in [1.82, 2.24) is 0 Å². The summed E-state index contributed by atoms with van der Waals surface area (Å²) >= 11 is 0. The Morgan fingerprint density at radius 2 is 2.50 bits per heavy atom. The average molecular weight is 116 g/mol. The summed E-state index contributed by atoms with van der Waals surface area (Å²) in [7, 11) is 0. The van der Waals surface area contributed by atoms with Crippen molar-refractivity contribution in [2.75, 3.05) is 6.79 Å². The third kappa shape index (κ3) is 1.20. The van der Waals surface area contributed by atoms with Crippen LogP contribution in [0, 0.1) is 0 Å². The first-order valence-electron chi connectivity index (χ1n) is 2.56. The molecule has 46 valence electrons. The molecular weight excluding hydrogens is 108 g/mol. The Labute approximate surface area is 47.6 Å². The minimum atomic E-state index is -0.163. The SMILES string of the molecule is C[C@@H]1CC(=O)OCO1. The van der Waals surface area contributed by atoms with Gasteiger partial charge in [-0.15, -0.1) is 0 Å². The molecule has 0 spiro atoms. The molecule has 0 aromatic rings. The molecule has 0 N–H and O–H groups in total. The molecule has 1 heterocycles. The summed E-state index contributed by atoms with van der Waals surface area (Å²) < 4.78 is 9.39. The molecule has 8 heavy (non-hydrogen) atoms. The molecule has 1 fully saturated rings. The van der Waals surface area contributed by atoms with Crippen LogP contribution in [0.15, 0.2) is 0 Å². The van der Waals surface area contributed by atoms with Gasteiger partial charge in [-0.05, 0) is 6.92 Å². The van der Waals surface area contributed by atoms with E-state index >= 15 is 0 Å². The van der Waals surface area contributed by atoms with Crippen LogP contribution >= 0.6 is 0 Å². The van der Waals surface area contributed by atoms with Gasteiger partial charge in [0, 0.05) is 0 Å². The van der Waals surface area contributed by atoms with E-state index in [-0.39, 0.29) is 18.9 Å². The van der Waals surface area contributed by atoms with Gasteiger partial charge in [0.25, 0.3) is 0 Å². The lowest BCUT2D eigenvalue weighted by molar-refractivity contribution is -0.178. The van der Waals surface area contributed by atoms with Crippen LogP contribution in [-0.4, -0.2) is 18.9 Å². The van der Waals surface area contributed by atoms with Crippen molar-refractivity contribution in [3.05, 3.63) is 0 Å². The third-order valence-corrected chi connectivity index (χ3v) is 1.03. The zero-order valence-electron chi connectivity index (χ0n) is 4.72. The Hall–Kier alpha value is -0.570. The van der Waals surface area contributed by atoms with Crippen molar-refractivity contribution < 1.29 is 14.3 Å². The van der Waals surface area contributed by atoms with Crippen molar-refractivity contribution in [2.24, 2.45) is 0 Å². The summed E-state index contributed by atoms with van der Waals surface area (Å²) in [4.78, 5) is 10.4. The molecule has 1 atom stereocenters. The minimum absolute atomic E-state index is 0.0382. The van der Waals surface area contributed by atoms with Crippen molar-refractivity contribution in [3.8, 4) is 0 Å². The molecular formula is C5H8O3. The first-order valence-corrected chi connectivity index (χ1v) is 2.56. The van der Waals surface area contributed by atoms with Gasteiger partial charge < -0.3 is 9.47 Å². The number of carbonyl (C=O) groups excluding carboxylic acids is 1. The normalized spacial score (nSPS) is 29.6. The van der Waals surface area contributed by atoms with Gasteiger partial charge in [0.2, 0.25) is 0 Å². The second kappa shape index (κ2) is 2.13. The second-order valence-corrected chi connectivity index (χ2v) is 1.82.